The lowest BCUT2D eigenvalue weighted by molar-refractivity contribution is 0.106. The quantitative estimate of drug-likeness (QED) is 0.891. The molecule has 23 heavy (non-hydrogen) atoms. The minimum absolute atomic E-state index is 0.527. The van der Waals surface area contributed by atoms with Gasteiger partial charge in [-0.15, -0.1) is 5.10 Å². The molecular weight excluding hydrogens is 288 g/mol. The highest BCUT2D eigenvalue weighted by molar-refractivity contribution is 4.99. The van der Waals surface area contributed by atoms with E-state index in [9.17, 15) is 0 Å². The summed E-state index contributed by atoms with van der Waals surface area (Å²) in [5, 5.41) is 10.4. The predicted molar refractivity (Wildman–Crippen MR) is 90.9 cm³/mol. The molecule has 5 heteroatoms. The molecule has 1 N–H and O–H groups in total. The second-order valence-electron chi connectivity index (χ2n) is 7.27. The minimum atomic E-state index is 0.527. The highest BCUT2D eigenvalue weighted by atomic mass is 16.5. The number of nitrogens with zero attached hydrogens (tertiary/aromatic N) is 3. The number of hydrogen-bond acceptors (Lipinski definition) is 5. The smallest absolute Gasteiger partial charge is 0.147 e. The average Bonchev–Trinajstić information content (AvgIpc) is 3.14. The van der Waals surface area contributed by atoms with Crippen molar-refractivity contribution in [2.24, 2.45) is 0 Å². The van der Waals surface area contributed by atoms with Crippen LogP contribution in [0.2, 0.25) is 0 Å². The van der Waals surface area contributed by atoms with Crippen LogP contribution in [0.3, 0.4) is 0 Å². The zero-order chi connectivity index (χ0) is 15.7. The van der Waals surface area contributed by atoms with Gasteiger partial charge in [-0.2, -0.15) is 0 Å². The van der Waals surface area contributed by atoms with Crippen molar-refractivity contribution in [1.82, 2.24) is 20.8 Å². The van der Waals surface area contributed by atoms with E-state index in [1.165, 1.54) is 83.6 Å². The molecule has 0 spiro atoms. The second-order valence-corrected chi connectivity index (χ2v) is 7.27. The van der Waals surface area contributed by atoms with Gasteiger partial charge < -0.3 is 4.52 Å². The molecule has 1 aromatic heterocycles. The van der Waals surface area contributed by atoms with Crippen molar-refractivity contribution in [2.45, 2.75) is 89.0 Å². The monoisotopic (exact) mass is 320 g/mol. The number of nitrogens with one attached hydrogen (secondary N) is 1. The van der Waals surface area contributed by atoms with E-state index in [0.29, 0.717) is 12.0 Å². The first-order valence-corrected chi connectivity index (χ1v) is 9.70. The van der Waals surface area contributed by atoms with E-state index in [0.717, 1.165) is 12.2 Å². The Labute approximate surface area is 140 Å². The maximum Gasteiger partial charge on any atom is 0.147 e. The average molecular weight is 320 g/mol. The zero-order valence-corrected chi connectivity index (χ0v) is 14.4. The van der Waals surface area contributed by atoms with Crippen LogP contribution >= 0.6 is 0 Å². The van der Waals surface area contributed by atoms with Gasteiger partial charge >= 0.3 is 0 Å². The van der Waals surface area contributed by atoms with Gasteiger partial charge in [-0.25, -0.2) is 5.01 Å². The van der Waals surface area contributed by atoms with Gasteiger partial charge in [-0.05, 0) is 38.5 Å². The van der Waals surface area contributed by atoms with Crippen LogP contribution in [0.1, 0.15) is 88.7 Å². The molecule has 2 fully saturated rings. The van der Waals surface area contributed by atoms with Crippen LogP contribution in [0.4, 0.5) is 0 Å². The normalized spacial score (nSPS) is 29.6. The Morgan fingerprint density at radius 1 is 0.913 bits per heavy atom. The molecule has 2 unspecified atom stereocenters. The lowest BCUT2D eigenvalue weighted by Crippen LogP contribution is -2.46. The minimum Gasteiger partial charge on any atom is -0.345 e. The lowest BCUT2D eigenvalue weighted by atomic mass is 9.93. The fourth-order valence-corrected chi connectivity index (χ4v) is 4.14. The molecule has 1 saturated heterocycles. The molecule has 2 heterocycles. The molecule has 0 aromatic carbocycles. The first-order chi connectivity index (χ1) is 11.4. The van der Waals surface area contributed by atoms with Crippen molar-refractivity contribution < 1.29 is 4.52 Å². The van der Waals surface area contributed by atoms with Crippen molar-refractivity contribution in [3.63, 3.8) is 0 Å². The fourth-order valence-electron chi connectivity index (χ4n) is 4.14. The number of hydrogen-bond donors (Lipinski definition) is 1. The second kappa shape index (κ2) is 9.38. The van der Waals surface area contributed by atoms with Gasteiger partial charge in [-0.3, -0.25) is 5.43 Å². The van der Waals surface area contributed by atoms with Crippen molar-refractivity contribution in [1.29, 1.82) is 0 Å². The molecule has 2 aliphatic rings. The van der Waals surface area contributed by atoms with Crippen molar-refractivity contribution >= 4 is 0 Å². The summed E-state index contributed by atoms with van der Waals surface area (Å²) in [6, 6.07) is 0.675. The Balaban J connectivity index is 1.60. The molecule has 130 valence electrons. The number of rotatable bonds is 2. The first kappa shape index (κ1) is 16.9. The highest BCUT2D eigenvalue weighted by Gasteiger charge is 2.23. The highest BCUT2D eigenvalue weighted by Crippen LogP contribution is 2.30. The third kappa shape index (κ3) is 5.28. The Morgan fingerprint density at radius 2 is 1.74 bits per heavy atom. The van der Waals surface area contributed by atoms with Gasteiger partial charge in [0.1, 0.15) is 12.0 Å². The molecular formula is C18H32N4O. The van der Waals surface area contributed by atoms with Gasteiger partial charge in [0.2, 0.25) is 0 Å². The first-order valence-electron chi connectivity index (χ1n) is 9.70. The van der Waals surface area contributed by atoms with E-state index in [-0.39, 0.29) is 0 Å². The van der Waals surface area contributed by atoms with Gasteiger partial charge in [-0.1, -0.05) is 38.5 Å². The van der Waals surface area contributed by atoms with Crippen LogP contribution in [0.25, 0.3) is 0 Å². The fraction of sp³-hybridized carbons (Fsp3) is 0.889. The summed E-state index contributed by atoms with van der Waals surface area (Å²) < 4.78 is 4.97. The van der Waals surface area contributed by atoms with Gasteiger partial charge in [0.25, 0.3) is 0 Å². The lowest BCUT2D eigenvalue weighted by Gasteiger charge is -2.32. The molecule has 0 amide bonds. The topological polar surface area (TPSA) is 54.2 Å². The number of hydrazine groups is 1. The predicted octanol–water partition coefficient (Wildman–Crippen LogP) is 4.04. The van der Waals surface area contributed by atoms with Crippen molar-refractivity contribution in [3.8, 4) is 0 Å². The summed E-state index contributed by atoms with van der Waals surface area (Å²) in [7, 11) is 0. The molecule has 2 atom stereocenters. The van der Waals surface area contributed by atoms with Gasteiger partial charge in [0.05, 0.1) is 0 Å². The summed E-state index contributed by atoms with van der Waals surface area (Å²) in [6.07, 6.45) is 17.6. The standard InChI is InChI=1S/C18H32N4O/c1-2-7-13-19-22(14-8-3-1)17-10-6-4-5-9-16(11-12-17)18-15-23-21-20-18/h15-17,19H,1-14H2. The summed E-state index contributed by atoms with van der Waals surface area (Å²) in [4.78, 5) is 0. The largest absolute Gasteiger partial charge is 0.345 e. The molecule has 1 saturated carbocycles. The van der Waals surface area contributed by atoms with Crippen molar-refractivity contribution in [3.05, 3.63) is 12.0 Å². The Hall–Kier alpha value is -0.940. The Morgan fingerprint density at radius 3 is 2.65 bits per heavy atom. The summed E-state index contributed by atoms with van der Waals surface area (Å²) in [5.41, 5.74) is 4.79. The van der Waals surface area contributed by atoms with Crippen LogP contribution in [-0.2, 0) is 0 Å². The maximum absolute atomic E-state index is 4.97. The van der Waals surface area contributed by atoms with Crippen LogP contribution in [0, 0.1) is 0 Å². The van der Waals surface area contributed by atoms with Crippen molar-refractivity contribution in [2.75, 3.05) is 13.1 Å². The van der Waals surface area contributed by atoms with E-state index in [4.69, 9.17) is 4.52 Å². The molecule has 0 bridgehead atoms. The van der Waals surface area contributed by atoms with E-state index in [1.807, 2.05) is 0 Å². The SMILES string of the molecule is c1onnc1C1CCCCCC(N2CCCCCCCN2)CC1. The molecule has 5 nitrogen and oxygen atoms in total. The molecule has 0 radical (unpaired) electrons. The Kier molecular flexibility index (Phi) is 6.89. The van der Waals surface area contributed by atoms with Crippen LogP contribution in [0.5, 0.6) is 0 Å². The van der Waals surface area contributed by atoms with E-state index < -0.39 is 0 Å². The molecule has 3 rings (SSSR count). The number of aromatic nitrogens is 2. The molecule has 1 aromatic rings. The third-order valence-electron chi connectivity index (χ3n) is 5.56. The van der Waals surface area contributed by atoms with E-state index in [2.05, 4.69) is 20.8 Å². The molecule has 1 aliphatic carbocycles. The van der Waals surface area contributed by atoms with Gasteiger partial charge in [0, 0.05) is 30.3 Å². The third-order valence-corrected chi connectivity index (χ3v) is 5.56. The maximum atomic E-state index is 4.97. The van der Waals surface area contributed by atoms with Crippen LogP contribution < -0.4 is 5.43 Å². The summed E-state index contributed by atoms with van der Waals surface area (Å²) in [5.74, 6) is 0.527. The summed E-state index contributed by atoms with van der Waals surface area (Å²) in [6.45, 7) is 2.36. The van der Waals surface area contributed by atoms with Gasteiger partial charge in [0.15, 0.2) is 0 Å². The van der Waals surface area contributed by atoms with E-state index >= 15 is 0 Å². The summed E-state index contributed by atoms with van der Waals surface area (Å²) >= 11 is 0. The van der Waals surface area contributed by atoms with Crippen LogP contribution in [-0.4, -0.2) is 34.5 Å². The zero-order valence-electron chi connectivity index (χ0n) is 14.4. The molecule has 1 aliphatic heterocycles. The Bertz CT molecular complexity index is 413. The van der Waals surface area contributed by atoms with E-state index in [1.54, 1.807) is 6.26 Å². The van der Waals surface area contributed by atoms with Crippen LogP contribution in [0.15, 0.2) is 10.8 Å².